The van der Waals surface area contributed by atoms with Gasteiger partial charge in [0.15, 0.2) is 0 Å². The lowest BCUT2D eigenvalue weighted by molar-refractivity contribution is 1.46. The van der Waals surface area contributed by atoms with Crippen molar-refractivity contribution in [2.75, 3.05) is 10.6 Å². The van der Waals surface area contributed by atoms with Crippen molar-refractivity contribution < 1.29 is 0 Å². The van der Waals surface area contributed by atoms with Crippen LogP contribution in [-0.2, 0) is 0 Å². The van der Waals surface area contributed by atoms with Gasteiger partial charge < -0.3 is 10.6 Å². The summed E-state index contributed by atoms with van der Waals surface area (Å²) in [5, 5.41) is 8.90. The molecule has 0 bridgehead atoms. The molecule has 0 saturated carbocycles. The van der Waals surface area contributed by atoms with Gasteiger partial charge in [-0.3, -0.25) is 0 Å². The number of nitrogens with zero attached hydrogens (tertiary/aromatic N) is 2. The second-order valence-corrected chi connectivity index (χ2v) is 11.0. The second-order valence-electron chi connectivity index (χ2n) is 8.96. The molecule has 5 aromatic carbocycles. The molecule has 0 fully saturated rings. The molecule has 0 spiro atoms. The zero-order valence-electron chi connectivity index (χ0n) is 20.3. The minimum absolute atomic E-state index is 1.02. The standard InChI is InChI=1S/C32H22N4S2/c1-3-7-23(8-4-1)33-25-15-11-21(12-16-25)31-35-27-19-30-28(20-29(27)37-31)36-32(38-30)22-13-17-26(18-14-22)34-24-9-5-2-6-10-24/h1-20,33-34H. The molecule has 7 rings (SSSR count). The lowest BCUT2D eigenvalue weighted by atomic mass is 10.2. The van der Waals surface area contributed by atoms with Gasteiger partial charge in [0, 0.05) is 33.9 Å². The van der Waals surface area contributed by atoms with Crippen molar-refractivity contribution in [1.82, 2.24) is 9.97 Å². The Morgan fingerprint density at radius 1 is 0.421 bits per heavy atom. The summed E-state index contributed by atoms with van der Waals surface area (Å²) in [5.41, 5.74) is 8.53. The van der Waals surface area contributed by atoms with Crippen LogP contribution in [-0.4, -0.2) is 9.97 Å². The van der Waals surface area contributed by atoms with E-state index in [1.54, 1.807) is 22.7 Å². The number of hydrogen-bond acceptors (Lipinski definition) is 6. The average Bonchev–Trinajstić information content (AvgIpc) is 3.57. The fraction of sp³-hybridized carbons (Fsp3) is 0. The van der Waals surface area contributed by atoms with Gasteiger partial charge in [-0.1, -0.05) is 36.4 Å². The first-order valence-corrected chi connectivity index (χ1v) is 14.0. The van der Waals surface area contributed by atoms with Crippen LogP contribution >= 0.6 is 22.7 Å². The highest BCUT2D eigenvalue weighted by molar-refractivity contribution is 7.23. The van der Waals surface area contributed by atoms with E-state index < -0.39 is 0 Å². The summed E-state index contributed by atoms with van der Waals surface area (Å²) in [6.45, 7) is 0. The number of fused-ring (bicyclic) bond motifs is 2. The minimum atomic E-state index is 1.02. The molecule has 0 atom stereocenters. The number of aromatic nitrogens is 2. The van der Waals surface area contributed by atoms with E-state index in [1.165, 1.54) is 0 Å². The van der Waals surface area contributed by atoms with Crippen molar-refractivity contribution in [3.8, 4) is 21.1 Å². The van der Waals surface area contributed by atoms with E-state index >= 15 is 0 Å². The Bertz CT molecular complexity index is 1650. The SMILES string of the molecule is c1ccc(Nc2ccc(-c3nc4cc5sc(-c6ccc(Nc7ccccc7)cc6)nc5cc4s3)cc2)cc1. The van der Waals surface area contributed by atoms with Gasteiger partial charge in [0.25, 0.3) is 0 Å². The number of rotatable bonds is 6. The zero-order chi connectivity index (χ0) is 25.3. The van der Waals surface area contributed by atoms with E-state index in [1.807, 2.05) is 36.4 Å². The summed E-state index contributed by atoms with van der Waals surface area (Å²) >= 11 is 3.42. The average molecular weight is 527 g/mol. The topological polar surface area (TPSA) is 49.8 Å². The molecule has 0 aliphatic rings. The molecule has 2 aromatic heterocycles. The maximum atomic E-state index is 4.95. The third-order valence-electron chi connectivity index (χ3n) is 6.29. The van der Waals surface area contributed by atoms with Crippen molar-refractivity contribution in [3.05, 3.63) is 121 Å². The molecular formula is C32H22N4S2. The maximum Gasteiger partial charge on any atom is 0.124 e. The summed E-state index contributed by atoms with van der Waals surface area (Å²) < 4.78 is 2.30. The van der Waals surface area contributed by atoms with Gasteiger partial charge in [0.2, 0.25) is 0 Å². The van der Waals surface area contributed by atoms with Crippen molar-refractivity contribution >= 4 is 65.9 Å². The predicted octanol–water partition coefficient (Wildman–Crippen LogP) is 9.73. The number of thiazole rings is 2. The summed E-state index contributed by atoms with van der Waals surface area (Å²) in [5.74, 6) is 0. The van der Waals surface area contributed by atoms with Crippen molar-refractivity contribution in [1.29, 1.82) is 0 Å². The van der Waals surface area contributed by atoms with Gasteiger partial charge >= 0.3 is 0 Å². The van der Waals surface area contributed by atoms with Crippen molar-refractivity contribution in [2.45, 2.75) is 0 Å². The number of anilines is 4. The molecule has 38 heavy (non-hydrogen) atoms. The highest BCUT2D eigenvalue weighted by Crippen LogP contribution is 2.37. The molecule has 7 aromatic rings. The van der Waals surface area contributed by atoms with Gasteiger partial charge in [0.1, 0.15) is 10.0 Å². The first kappa shape index (κ1) is 22.7. The smallest absolute Gasteiger partial charge is 0.124 e. The van der Waals surface area contributed by atoms with Gasteiger partial charge in [-0.2, -0.15) is 0 Å². The highest BCUT2D eigenvalue weighted by atomic mass is 32.1. The van der Waals surface area contributed by atoms with E-state index in [0.717, 1.165) is 64.3 Å². The van der Waals surface area contributed by atoms with E-state index in [9.17, 15) is 0 Å². The predicted molar refractivity (Wildman–Crippen MR) is 163 cm³/mol. The van der Waals surface area contributed by atoms with Gasteiger partial charge in [-0.25, -0.2) is 9.97 Å². The van der Waals surface area contributed by atoms with Crippen molar-refractivity contribution in [2.24, 2.45) is 0 Å². The summed E-state index contributed by atoms with van der Waals surface area (Å²) in [6, 6.07) is 41.6. The largest absolute Gasteiger partial charge is 0.356 e. The monoisotopic (exact) mass is 526 g/mol. The van der Waals surface area contributed by atoms with E-state index in [4.69, 9.17) is 9.97 Å². The van der Waals surface area contributed by atoms with Crippen molar-refractivity contribution in [3.63, 3.8) is 0 Å². The molecule has 4 nitrogen and oxygen atoms in total. The molecule has 6 heteroatoms. The Labute approximate surface area is 228 Å². The van der Waals surface area contributed by atoms with Crippen LogP contribution < -0.4 is 10.6 Å². The molecular weight excluding hydrogens is 505 g/mol. The second kappa shape index (κ2) is 9.74. The van der Waals surface area contributed by atoms with Crippen LogP contribution in [0.1, 0.15) is 0 Å². The van der Waals surface area contributed by atoms with E-state index in [2.05, 4.69) is 95.6 Å². The zero-order valence-corrected chi connectivity index (χ0v) is 21.9. The molecule has 2 N–H and O–H groups in total. The Hall–Kier alpha value is -4.52. The lowest BCUT2D eigenvalue weighted by Crippen LogP contribution is -1.89. The molecule has 0 radical (unpaired) electrons. The van der Waals surface area contributed by atoms with Crippen LogP contribution in [0.4, 0.5) is 22.7 Å². The fourth-order valence-corrected chi connectivity index (χ4v) is 6.34. The lowest BCUT2D eigenvalue weighted by Gasteiger charge is -2.06. The Morgan fingerprint density at radius 3 is 1.18 bits per heavy atom. The van der Waals surface area contributed by atoms with Crippen LogP contribution in [0.25, 0.3) is 41.6 Å². The number of nitrogens with one attached hydrogen (secondary N) is 2. The molecule has 182 valence electrons. The summed E-state index contributed by atoms with van der Waals surface area (Å²) in [7, 11) is 0. The molecule has 0 aliphatic heterocycles. The number of hydrogen-bond donors (Lipinski definition) is 2. The third-order valence-corrected chi connectivity index (χ3v) is 8.42. The van der Waals surface area contributed by atoms with E-state index in [0.29, 0.717) is 0 Å². The Morgan fingerprint density at radius 2 is 0.789 bits per heavy atom. The number of benzene rings is 5. The van der Waals surface area contributed by atoms with Crippen LogP contribution in [0.15, 0.2) is 121 Å². The van der Waals surface area contributed by atoms with Gasteiger partial charge in [-0.15, -0.1) is 22.7 Å². The van der Waals surface area contributed by atoms with E-state index in [-0.39, 0.29) is 0 Å². The summed E-state index contributed by atoms with van der Waals surface area (Å²) in [4.78, 5) is 9.90. The fourth-order valence-electron chi connectivity index (χ4n) is 4.37. The molecule has 0 amide bonds. The third kappa shape index (κ3) is 4.63. The highest BCUT2D eigenvalue weighted by Gasteiger charge is 2.12. The van der Waals surface area contributed by atoms with Crippen LogP contribution in [0.2, 0.25) is 0 Å². The van der Waals surface area contributed by atoms with Gasteiger partial charge in [0.05, 0.1) is 20.4 Å². The molecule has 0 aliphatic carbocycles. The van der Waals surface area contributed by atoms with Crippen LogP contribution in [0, 0.1) is 0 Å². The molecule has 2 heterocycles. The first-order chi connectivity index (χ1) is 18.8. The molecule has 0 unspecified atom stereocenters. The Kier molecular flexibility index (Phi) is 5.81. The number of para-hydroxylation sites is 2. The summed E-state index contributed by atoms with van der Waals surface area (Å²) in [6.07, 6.45) is 0. The Balaban J connectivity index is 1.12. The van der Waals surface area contributed by atoms with Crippen LogP contribution in [0.3, 0.4) is 0 Å². The normalized spacial score (nSPS) is 11.2. The molecule has 0 saturated heterocycles. The maximum absolute atomic E-state index is 4.95. The van der Waals surface area contributed by atoms with Crippen LogP contribution in [0.5, 0.6) is 0 Å². The quantitative estimate of drug-likeness (QED) is 0.226. The first-order valence-electron chi connectivity index (χ1n) is 12.3. The van der Waals surface area contributed by atoms with Gasteiger partial charge in [-0.05, 0) is 84.9 Å². The minimum Gasteiger partial charge on any atom is -0.356 e.